The van der Waals surface area contributed by atoms with E-state index in [9.17, 15) is 4.79 Å². The summed E-state index contributed by atoms with van der Waals surface area (Å²) < 4.78 is 1.97. The van der Waals surface area contributed by atoms with Crippen molar-refractivity contribution in [3.05, 3.63) is 29.9 Å². The van der Waals surface area contributed by atoms with E-state index in [4.69, 9.17) is 10.8 Å². The van der Waals surface area contributed by atoms with Crippen LogP contribution < -0.4 is 5.73 Å². The molecule has 0 aliphatic heterocycles. The first-order chi connectivity index (χ1) is 8.92. The van der Waals surface area contributed by atoms with Crippen LogP contribution in [0.2, 0.25) is 0 Å². The highest BCUT2D eigenvalue weighted by Gasteiger charge is 2.31. The molecule has 0 amide bonds. The van der Waals surface area contributed by atoms with E-state index in [1.165, 1.54) is 6.92 Å². The number of nitrogens with zero attached hydrogens (tertiary/aromatic N) is 2. The van der Waals surface area contributed by atoms with Crippen molar-refractivity contribution in [3.63, 3.8) is 0 Å². The summed E-state index contributed by atoms with van der Waals surface area (Å²) in [4.78, 5) is 16.5. The Labute approximate surface area is 115 Å². The third-order valence-electron chi connectivity index (χ3n) is 3.09. The molecule has 0 saturated heterocycles. The summed E-state index contributed by atoms with van der Waals surface area (Å²) in [6.45, 7) is 3.49. The largest absolute Gasteiger partial charge is 0.480 e. The maximum absolute atomic E-state index is 11.1. The van der Waals surface area contributed by atoms with E-state index < -0.39 is 11.5 Å². The van der Waals surface area contributed by atoms with Gasteiger partial charge in [-0.3, -0.25) is 4.79 Å². The first kappa shape index (κ1) is 13.8. The summed E-state index contributed by atoms with van der Waals surface area (Å²) in [5, 5.41) is 11.1. The molecule has 6 heteroatoms. The molecule has 5 nitrogen and oxygen atoms in total. The molecule has 102 valence electrons. The van der Waals surface area contributed by atoms with Gasteiger partial charge >= 0.3 is 5.97 Å². The van der Waals surface area contributed by atoms with Crippen LogP contribution in [0, 0.1) is 0 Å². The molecule has 0 saturated carbocycles. The van der Waals surface area contributed by atoms with E-state index in [0.29, 0.717) is 6.42 Å². The number of rotatable bonds is 5. The van der Waals surface area contributed by atoms with Crippen molar-refractivity contribution >= 4 is 17.3 Å². The van der Waals surface area contributed by atoms with Crippen molar-refractivity contribution in [1.29, 1.82) is 0 Å². The SMILES string of the molecule is CC(CC(C)(N)C(=O)O)n1ccnc1-c1cccs1. The zero-order valence-electron chi connectivity index (χ0n) is 10.9. The lowest BCUT2D eigenvalue weighted by molar-refractivity contribution is -0.143. The van der Waals surface area contributed by atoms with Crippen LogP contribution in [0.25, 0.3) is 10.7 Å². The van der Waals surface area contributed by atoms with Crippen LogP contribution in [-0.4, -0.2) is 26.2 Å². The quantitative estimate of drug-likeness (QED) is 0.880. The van der Waals surface area contributed by atoms with Crippen LogP contribution in [0.4, 0.5) is 0 Å². The summed E-state index contributed by atoms with van der Waals surface area (Å²) in [5.41, 5.74) is 4.56. The third kappa shape index (κ3) is 2.85. The van der Waals surface area contributed by atoms with Gasteiger partial charge in [0.1, 0.15) is 11.4 Å². The van der Waals surface area contributed by atoms with Gasteiger partial charge in [-0.15, -0.1) is 11.3 Å². The monoisotopic (exact) mass is 279 g/mol. The van der Waals surface area contributed by atoms with Crippen molar-refractivity contribution in [3.8, 4) is 10.7 Å². The van der Waals surface area contributed by atoms with Crippen molar-refractivity contribution in [2.75, 3.05) is 0 Å². The van der Waals surface area contributed by atoms with Crippen LogP contribution in [-0.2, 0) is 4.79 Å². The Balaban J connectivity index is 2.24. The maximum Gasteiger partial charge on any atom is 0.323 e. The lowest BCUT2D eigenvalue weighted by Crippen LogP contribution is -2.46. The Kier molecular flexibility index (Phi) is 3.73. The molecule has 0 aliphatic carbocycles. The molecule has 0 bridgehead atoms. The fourth-order valence-electron chi connectivity index (χ4n) is 2.06. The minimum atomic E-state index is -1.24. The van der Waals surface area contributed by atoms with Crippen molar-refractivity contribution in [2.45, 2.75) is 31.8 Å². The molecule has 2 heterocycles. The van der Waals surface area contributed by atoms with Gasteiger partial charge in [0.2, 0.25) is 0 Å². The standard InChI is InChI=1S/C13H17N3O2S/c1-9(8-13(2,14)12(17)18)16-6-5-15-11(16)10-4-3-7-19-10/h3-7,9H,8,14H2,1-2H3,(H,17,18). The fraction of sp³-hybridized carbons (Fsp3) is 0.385. The molecule has 2 aromatic heterocycles. The molecule has 0 radical (unpaired) electrons. The number of aromatic nitrogens is 2. The maximum atomic E-state index is 11.1. The fourth-order valence-corrected chi connectivity index (χ4v) is 2.79. The Bertz CT molecular complexity index is 560. The lowest BCUT2D eigenvalue weighted by atomic mass is 9.95. The first-order valence-electron chi connectivity index (χ1n) is 6.01. The Morgan fingerprint density at radius 1 is 1.68 bits per heavy atom. The summed E-state index contributed by atoms with van der Waals surface area (Å²) in [6, 6.07) is 3.92. The summed E-state index contributed by atoms with van der Waals surface area (Å²) in [6.07, 6.45) is 3.93. The number of aliphatic carboxylic acids is 1. The van der Waals surface area contributed by atoms with Crippen LogP contribution >= 0.6 is 11.3 Å². The minimum Gasteiger partial charge on any atom is -0.480 e. The van der Waals surface area contributed by atoms with E-state index >= 15 is 0 Å². The zero-order valence-corrected chi connectivity index (χ0v) is 11.7. The highest BCUT2D eigenvalue weighted by atomic mass is 32.1. The Morgan fingerprint density at radius 2 is 2.42 bits per heavy atom. The molecule has 2 unspecified atom stereocenters. The number of carboxylic acid groups (broad SMARTS) is 1. The summed E-state index contributed by atoms with van der Waals surface area (Å²) in [7, 11) is 0. The molecule has 2 rings (SSSR count). The molecule has 0 spiro atoms. The van der Waals surface area contributed by atoms with E-state index in [2.05, 4.69) is 4.98 Å². The van der Waals surface area contributed by atoms with Crippen molar-refractivity contribution < 1.29 is 9.90 Å². The highest BCUT2D eigenvalue weighted by Crippen LogP contribution is 2.28. The molecular weight excluding hydrogens is 262 g/mol. The van der Waals surface area contributed by atoms with E-state index in [1.807, 2.05) is 35.2 Å². The molecule has 0 aromatic carbocycles. The number of carboxylic acids is 1. The number of hydrogen-bond acceptors (Lipinski definition) is 4. The third-order valence-corrected chi connectivity index (χ3v) is 3.96. The van der Waals surface area contributed by atoms with Gasteiger partial charge < -0.3 is 15.4 Å². The topological polar surface area (TPSA) is 81.1 Å². The molecule has 2 atom stereocenters. The smallest absolute Gasteiger partial charge is 0.323 e. The summed E-state index contributed by atoms with van der Waals surface area (Å²) >= 11 is 1.61. The van der Waals surface area contributed by atoms with Gasteiger partial charge in [0, 0.05) is 18.4 Å². The normalized spacial score (nSPS) is 15.9. The van der Waals surface area contributed by atoms with Gasteiger partial charge in [-0.25, -0.2) is 4.98 Å². The van der Waals surface area contributed by atoms with Crippen molar-refractivity contribution in [1.82, 2.24) is 9.55 Å². The predicted octanol–water partition coefficient (Wildman–Crippen LogP) is 2.36. The second-order valence-corrected chi connectivity index (χ2v) is 5.86. The second kappa shape index (κ2) is 5.14. The van der Waals surface area contributed by atoms with E-state index in [-0.39, 0.29) is 6.04 Å². The molecule has 0 fully saturated rings. The molecule has 3 N–H and O–H groups in total. The predicted molar refractivity (Wildman–Crippen MR) is 75.1 cm³/mol. The molecule has 0 aliphatic rings. The lowest BCUT2D eigenvalue weighted by Gasteiger charge is -2.25. The van der Waals surface area contributed by atoms with Crippen LogP contribution in [0.1, 0.15) is 26.3 Å². The molecular formula is C13H17N3O2S. The molecule has 2 aromatic rings. The number of nitrogens with two attached hydrogens (primary N) is 1. The number of carbonyl (C=O) groups is 1. The van der Waals surface area contributed by atoms with Crippen LogP contribution in [0.3, 0.4) is 0 Å². The number of hydrogen-bond donors (Lipinski definition) is 2. The Hall–Kier alpha value is -1.66. The van der Waals surface area contributed by atoms with Crippen LogP contribution in [0.5, 0.6) is 0 Å². The summed E-state index contributed by atoms with van der Waals surface area (Å²) in [5.74, 6) is -0.138. The molecule has 19 heavy (non-hydrogen) atoms. The van der Waals surface area contributed by atoms with Crippen LogP contribution in [0.15, 0.2) is 29.9 Å². The zero-order chi connectivity index (χ0) is 14.0. The number of imidazole rings is 1. The van der Waals surface area contributed by atoms with Gasteiger partial charge in [0.05, 0.1) is 4.88 Å². The number of thiophene rings is 1. The average molecular weight is 279 g/mol. The van der Waals surface area contributed by atoms with Gasteiger partial charge in [-0.05, 0) is 31.7 Å². The van der Waals surface area contributed by atoms with Gasteiger partial charge in [-0.1, -0.05) is 6.07 Å². The second-order valence-electron chi connectivity index (χ2n) is 4.91. The van der Waals surface area contributed by atoms with Gasteiger partial charge in [0.25, 0.3) is 0 Å². The van der Waals surface area contributed by atoms with Crippen molar-refractivity contribution in [2.24, 2.45) is 5.73 Å². The average Bonchev–Trinajstić information content (AvgIpc) is 2.99. The van der Waals surface area contributed by atoms with Gasteiger partial charge in [-0.2, -0.15) is 0 Å². The highest BCUT2D eigenvalue weighted by molar-refractivity contribution is 7.13. The van der Waals surface area contributed by atoms with Gasteiger partial charge in [0.15, 0.2) is 0 Å². The minimum absolute atomic E-state index is 0.0364. The first-order valence-corrected chi connectivity index (χ1v) is 6.89. The van der Waals surface area contributed by atoms with E-state index in [0.717, 1.165) is 10.7 Å². The van der Waals surface area contributed by atoms with E-state index in [1.54, 1.807) is 17.5 Å². The Morgan fingerprint density at radius 3 is 3.00 bits per heavy atom.